The first-order valence-corrected chi connectivity index (χ1v) is 11.1. The van der Waals surface area contributed by atoms with Crippen molar-refractivity contribution in [3.05, 3.63) is 54.6 Å². The van der Waals surface area contributed by atoms with Crippen molar-refractivity contribution in [3.8, 4) is 11.1 Å². The Bertz CT molecular complexity index is 846. The number of benzene rings is 2. The molecule has 0 unspecified atom stereocenters. The fourth-order valence-corrected chi connectivity index (χ4v) is 4.74. The summed E-state index contributed by atoms with van der Waals surface area (Å²) in [7, 11) is 0.710. The van der Waals surface area contributed by atoms with E-state index < -0.39 is 18.6 Å². The molecule has 2 aromatic carbocycles. The van der Waals surface area contributed by atoms with Crippen LogP contribution in [0.1, 0.15) is 38.5 Å². The van der Waals surface area contributed by atoms with Gasteiger partial charge in [-0.15, -0.1) is 0 Å². The molecule has 2 aromatic rings. The van der Waals surface area contributed by atoms with E-state index in [1.165, 1.54) is 11.1 Å². The zero-order chi connectivity index (χ0) is 22.4. The second-order valence-corrected chi connectivity index (χ2v) is 8.76. The number of carboxylic acids is 1. The Morgan fingerprint density at radius 1 is 1.06 bits per heavy atom. The van der Waals surface area contributed by atoms with Gasteiger partial charge in [0.25, 0.3) is 0 Å². The van der Waals surface area contributed by atoms with Gasteiger partial charge in [-0.1, -0.05) is 55.3 Å². The summed E-state index contributed by atoms with van der Waals surface area (Å²) in [6, 6.07) is 19.0. The molecule has 1 saturated carbocycles. The lowest BCUT2D eigenvalue weighted by molar-refractivity contribution is -0.146. The summed E-state index contributed by atoms with van der Waals surface area (Å²) in [5, 5.41) is 27.8. The maximum atomic E-state index is 12.0. The van der Waals surface area contributed by atoms with Gasteiger partial charge in [-0.25, -0.2) is 0 Å². The molecule has 3 rings (SSSR count). The standard InChI is InChI=1S/C24H33BN2O4/c1-27(21-12-9-19(10-13-21)18-7-3-2-4-8-18)22-14-11-20(17-22)24(26,23(28)29)15-5-6-16-25(30)31/h2-4,7-10,12-13,20,22,30-31H,5-6,11,14-17,26H2,1H3,(H,28,29)/t20-,22+,24-/m0/s1. The molecule has 0 aliphatic heterocycles. The SMILES string of the molecule is CN(c1ccc(-c2ccccc2)cc1)[C@@H]1CC[C@H]([C@@](N)(CCCCB(O)O)C(=O)O)C1. The molecule has 0 bridgehead atoms. The molecule has 1 fully saturated rings. The molecule has 5 N–H and O–H groups in total. The van der Waals surface area contributed by atoms with Gasteiger partial charge in [-0.2, -0.15) is 0 Å². The van der Waals surface area contributed by atoms with Crippen molar-refractivity contribution in [2.75, 3.05) is 11.9 Å². The highest BCUT2D eigenvalue weighted by atomic mass is 16.4. The molecule has 3 atom stereocenters. The number of anilines is 1. The van der Waals surface area contributed by atoms with E-state index in [0.29, 0.717) is 19.3 Å². The van der Waals surface area contributed by atoms with Crippen LogP contribution in [-0.2, 0) is 4.79 Å². The molecule has 31 heavy (non-hydrogen) atoms. The number of carboxylic acid groups (broad SMARTS) is 1. The van der Waals surface area contributed by atoms with Gasteiger partial charge in [0, 0.05) is 18.8 Å². The fourth-order valence-electron chi connectivity index (χ4n) is 4.74. The molecule has 0 radical (unpaired) electrons. The third-order valence-corrected chi connectivity index (χ3v) is 6.76. The zero-order valence-electron chi connectivity index (χ0n) is 18.2. The second kappa shape index (κ2) is 10.3. The molecular formula is C24H33BN2O4. The first-order chi connectivity index (χ1) is 14.8. The maximum Gasteiger partial charge on any atom is 0.451 e. The van der Waals surface area contributed by atoms with Crippen LogP contribution in [0, 0.1) is 5.92 Å². The van der Waals surface area contributed by atoms with Gasteiger partial charge >= 0.3 is 13.1 Å². The minimum atomic E-state index is -1.35. The summed E-state index contributed by atoms with van der Waals surface area (Å²) in [5.74, 6) is -1.06. The smallest absolute Gasteiger partial charge is 0.451 e. The Labute approximate surface area is 184 Å². The minimum absolute atomic E-state index is 0.0971. The van der Waals surface area contributed by atoms with Crippen molar-refractivity contribution in [2.24, 2.45) is 11.7 Å². The molecular weight excluding hydrogens is 391 g/mol. The molecule has 6 nitrogen and oxygen atoms in total. The highest BCUT2D eigenvalue weighted by molar-refractivity contribution is 6.40. The van der Waals surface area contributed by atoms with Crippen LogP contribution in [-0.4, -0.2) is 46.9 Å². The average molecular weight is 424 g/mol. The van der Waals surface area contributed by atoms with Crippen molar-refractivity contribution < 1.29 is 19.9 Å². The van der Waals surface area contributed by atoms with Crippen LogP contribution < -0.4 is 10.6 Å². The third-order valence-electron chi connectivity index (χ3n) is 6.76. The second-order valence-electron chi connectivity index (χ2n) is 8.76. The number of nitrogens with two attached hydrogens (primary N) is 1. The van der Waals surface area contributed by atoms with Crippen LogP contribution >= 0.6 is 0 Å². The Morgan fingerprint density at radius 2 is 1.71 bits per heavy atom. The molecule has 0 heterocycles. The number of rotatable bonds is 10. The van der Waals surface area contributed by atoms with Gasteiger partial charge in [-0.3, -0.25) is 4.79 Å². The molecule has 0 aromatic heterocycles. The van der Waals surface area contributed by atoms with Gasteiger partial charge in [0.2, 0.25) is 0 Å². The first-order valence-electron chi connectivity index (χ1n) is 11.1. The summed E-state index contributed by atoms with van der Waals surface area (Å²) in [6.07, 6.45) is 4.13. The highest BCUT2D eigenvalue weighted by Gasteiger charge is 2.45. The van der Waals surface area contributed by atoms with Gasteiger partial charge < -0.3 is 25.8 Å². The average Bonchev–Trinajstić information content (AvgIpc) is 3.27. The van der Waals surface area contributed by atoms with Gasteiger partial charge in [0.15, 0.2) is 0 Å². The van der Waals surface area contributed by atoms with Crippen LogP contribution in [0.15, 0.2) is 54.6 Å². The summed E-state index contributed by atoms with van der Waals surface area (Å²) in [5.41, 5.74) is 8.60. The van der Waals surface area contributed by atoms with Crippen LogP contribution in [0.2, 0.25) is 6.32 Å². The van der Waals surface area contributed by atoms with E-state index in [1.807, 2.05) is 18.2 Å². The molecule has 166 valence electrons. The molecule has 0 spiro atoms. The minimum Gasteiger partial charge on any atom is -0.480 e. The van der Waals surface area contributed by atoms with Crippen LogP contribution in [0.3, 0.4) is 0 Å². The van der Waals surface area contributed by atoms with E-state index >= 15 is 0 Å². The van der Waals surface area contributed by atoms with Crippen molar-refractivity contribution in [1.82, 2.24) is 0 Å². The summed E-state index contributed by atoms with van der Waals surface area (Å²) in [4.78, 5) is 14.3. The van der Waals surface area contributed by atoms with Gasteiger partial charge in [0.05, 0.1) is 0 Å². The number of hydrogen-bond acceptors (Lipinski definition) is 5. The lowest BCUT2D eigenvalue weighted by atomic mass is 9.77. The molecule has 1 aliphatic rings. The number of unbranched alkanes of at least 4 members (excludes halogenated alkanes) is 1. The third kappa shape index (κ3) is 5.67. The lowest BCUT2D eigenvalue weighted by Gasteiger charge is -2.33. The van der Waals surface area contributed by atoms with Crippen molar-refractivity contribution in [2.45, 2.75) is 56.4 Å². The van der Waals surface area contributed by atoms with E-state index in [-0.39, 0.29) is 18.3 Å². The van der Waals surface area contributed by atoms with Crippen LogP contribution in [0.25, 0.3) is 11.1 Å². The Morgan fingerprint density at radius 3 is 2.32 bits per heavy atom. The molecule has 7 heteroatoms. The Kier molecular flexibility index (Phi) is 7.76. The normalized spacial score (nSPS) is 20.3. The lowest BCUT2D eigenvalue weighted by Crippen LogP contribution is -2.53. The predicted octanol–water partition coefficient (Wildman–Crippen LogP) is 3.38. The van der Waals surface area contributed by atoms with Gasteiger partial charge in [0.1, 0.15) is 5.54 Å². The van der Waals surface area contributed by atoms with Crippen molar-refractivity contribution in [3.63, 3.8) is 0 Å². The van der Waals surface area contributed by atoms with Crippen molar-refractivity contribution in [1.29, 1.82) is 0 Å². The zero-order valence-corrected chi connectivity index (χ0v) is 18.2. The number of aliphatic carboxylic acids is 1. The van der Waals surface area contributed by atoms with E-state index in [4.69, 9.17) is 15.8 Å². The molecule has 1 aliphatic carbocycles. The van der Waals surface area contributed by atoms with E-state index in [1.54, 1.807) is 0 Å². The maximum absolute atomic E-state index is 12.0. The largest absolute Gasteiger partial charge is 0.480 e. The van der Waals surface area contributed by atoms with E-state index in [2.05, 4.69) is 48.3 Å². The van der Waals surface area contributed by atoms with Crippen LogP contribution in [0.5, 0.6) is 0 Å². The van der Waals surface area contributed by atoms with Gasteiger partial charge in [-0.05, 0) is 61.2 Å². The van der Waals surface area contributed by atoms with Crippen molar-refractivity contribution >= 4 is 18.8 Å². The predicted molar refractivity (Wildman–Crippen MR) is 125 cm³/mol. The number of nitrogens with zero attached hydrogens (tertiary/aromatic N) is 1. The first kappa shape index (κ1) is 23.3. The number of hydrogen-bond donors (Lipinski definition) is 4. The van der Waals surface area contributed by atoms with E-state index in [0.717, 1.165) is 24.9 Å². The highest BCUT2D eigenvalue weighted by Crippen LogP contribution is 2.39. The fraction of sp³-hybridized carbons (Fsp3) is 0.458. The summed E-state index contributed by atoms with van der Waals surface area (Å²) >= 11 is 0. The van der Waals surface area contributed by atoms with E-state index in [9.17, 15) is 9.90 Å². The quantitative estimate of drug-likeness (QED) is 0.344. The topological polar surface area (TPSA) is 107 Å². The summed E-state index contributed by atoms with van der Waals surface area (Å²) < 4.78 is 0. The Hall–Kier alpha value is -2.35. The molecule has 0 amide bonds. The Balaban J connectivity index is 1.62. The monoisotopic (exact) mass is 424 g/mol. The van der Waals surface area contributed by atoms with Crippen LogP contribution in [0.4, 0.5) is 5.69 Å². The molecule has 0 saturated heterocycles. The number of carbonyl (C=O) groups is 1. The summed E-state index contributed by atoms with van der Waals surface area (Å²) in [6.45, 7) is 0.